The molecule has 2 aromatic carbocycles. The van der Waals surface area contributed by atoms with E-state index in [-0.39, 0.29) is 35.4 Å². The molecule has 5 heterocycles. The Morgan fingerprint density at radius 1 is 0.957 bits per heavy atom. The minimum Gasteiger partial charge on any atom is -0.418 e. The molecule has 0 amide bonds. The molecule has 1 aliphatic rings. The number of halogens is 5. The number of allylic oxidation sites excluding steroid dienone is 1. The van der Waals surface area contributed by atoms with Crippen LogP contribution < -0.4 is 26.1 Å². The lowest BCUT2D eigenvalue weighted by atomic mass is 10.1. The molecular weight excluding hydrogens is 936 g/mol. The van der Waals surface area contributed by atoms with Crippen LogP contribution in [-0.2, 0) is 21.7 Å². The van der Waals surface area contributed by atoms with Crippen LogP contribution in [0.25, 0.3) is 21.9 Å². The van der Waals surface area contributed by atoms with Crippen molar-refractivity contribution < 1.29 is 36.9 Å². The Morgan fingerprint density at radius 3 is 2.24 bits per heavy atom. The van der Waals surface area contributed by atoms with Crippen molar-refractivity contribution in [3.05, 3.63) is 141 Å². The van der Waals surface area contributed by atoms with Gasteiger partial charge in [0, 0.05) is 61.5 Å². The molecule has 7 rings (SSSR count). The summed E-state index contributed by atoms with van der Waals surface area (Å²) < 4.78 is 66.7. The smallest absolute Gasteiger partial charge is 0.337 e. The van der Waals surface area contributed by atoms with Crippen LogP contribution in [0.2, 0.25) is 0 Å². The molecule has 1 fully saturated rings. The third-order valence-corrected chi connectivity index (χ3v) is 10.9. The highest BCUT2D eigenvalue weighted by molar-refractivity contribution is 6.48. The van der Waals surface area contributed by atoms with Crippen molar-refractivity contribution in [2.45, 2.75) is 72.4 Å². The fourth-order valence-electron chi connectivity index (χ4n) is 7.26. The maximum absolute atomic E-state index is 13.7. The second-order valence-electron chi connectivity index (χ2n) is 16.3. The van der Waals surface area contributed by atoms with Crippen molar-refractivity contribution in [3.8, 4) is 11.6 Å². The monoisotopic (exact) mass is 992 g/mol. The van der Waals surface area contributed by atoms with Crippen LogP contribution in [0.3, 0.4) is 0 Å². The van der Waals surface area contributed by atoms with Crippen molar-refractivity contribution in [3.63, 3.8) is 0 Å². The first kappa shape index (κ1) is 54.2. The largest absolute Gasteiger partial charge is 0.418 e. The summed E-state index contributed by atoms with van der Waals surface area (Å²) in [5, 5.41) is 20.2. The number of aliphatic hydroxyl groups is 1. The van der Waals surface area contributed by atoms with Gasteiger partial charge in [-0.2, -0.15) is 18.9 Å². The first-order valence-electron chi connectivity index (χ1n) is 22.6. The van der Waals surface area contributed by atoms with E-state index in [2.05, 4.69) is 53.2 Å². The van der Waals surface area contributed by atoms with Gasteiger partial charge in [0.25, 0.3) is 11.1 Å². The van der Waals surface area contributed by atoms with Gasteiger partial charge in [-0.15, -0.1) is 6.58 Å². The summed E-state index contributed by atoms with van der Waals surface area (Å²) in [6.45, 7) is 20.6. The number of ether oxygens (including phenoxy) is 2. The maximum atomic E-state index is 13.7. The minimum absolute atomic E-state index is 0.0334. The van der Waals surface area contributed by atoms with Crippen LogP contribution in [-0.4, -0.2) is 96.4 Å². The summed E-state index contributed by atoms with van der Waals surface area (Å²) in [5.74, 6) is -8.77. The number of nitrogens with zero attached hydrogens (tertiary/aromatic N) is 8. The molecule has 374 valence electrons. The number of aromatic amines is 1. The van der Waals surface area contributed by atoms with Crippen LogP contribution in [0, 0.1) is 30.2 Å². The standard InChI is InChI=1S/C40H44F4N8O5.C7H7ClN2O.C2H6/c1-4-16-51-38(54)28-24-45-39(48-37(28)52(51)32-11-9-10-31(47-32)40(2,3)55)46-26-12-14-27(15-13-26)50-20-18-49(19-21-50)17-7-5-6-8-22-56-25-33(53)57-36-34(43)29(41)23-30(42)35(36)44;1-4-3-9-10-7(11)6(4)5(2)8;1-2/h4,9-15,23-24,55H,1,5-8,16-22,25H2,2-3H3,(H,45,46,48);3H,2H2,1H3,(H,10,11);1-2H3. The Morgan fingerprint density at radius 2 is 1.63 bits per heavy atom. The number of benzene rings is 2. The molecule has 0 bridgehead atoms. The molecule has 16 nitrogen and oxygen atoms in total. The molecule has 4 aromatic heterocycles. The highest BCUT2D eigenvalue weighted by Gasteiger charge is 2.24. The van der Waals surface area contributed by atoms with Crippen molar-refractivity contribution >= 4 is 51.0 Å². The van der Waals surface area contributed by atoms with Crippen molar-refractivity contribution in [2.75, 3.05) is 56.2 Å². The highest BCUT2D eigenvalue weighted by atomic mass is 35.5. The van der Waals surface area contributed by atoms with E-state index in [1.165, 1.54) is 17.1 Å². The number of aromatic nitrogens is 7. The summed E-state index contributed by atoms with van der Waals surface area (Å²) in [6, 6.07) is 13.3. The lowest BCUT2D eigenvalue weighted by Crippen LogP contribution is -2.46. The molecule has 70 heavy (non-hydrogen) atoms. The number of carbonyl (C=O) groups is 1. The summed E-state index contributed by atoms with van der Waals surface area (Å²) >= 11 is 5.57. The van der Waals surface area contributed by atoms with Gasteiger partial charge in [0.05, 0.1) is 24.0 Å². The number of rotatable bonds is 18. The SMILES string of the molecule is C=C(Cl)c1c(C)cn[nH]c1=O.C=CCn1c(=O)c2cnc(Nc3ccc(N4CCN(CCCCCCOCC(=O)Oc5c(F)c(F)cc(F)c5F)CC4)cc3)nc2n1-c1cccc(C(C)(C)O)n1.CC. The van der Waals surface area contributed by atoms with E-state index in [9.17, 15) is 37.1 Å². The Bertz CT molecular complexity index is 2850. The fourth-order valence-corrected chi connectivity index (χ4v) is 7.50. The zero-order valence-electron chi connectivity index (χ0n) is 39.7. The number of hydrogen-bond acceptors (Lipinski definition) is 13. The summed E-state index contributed by atoms with van der Waals surface area (Å²) in [4.78, 5) is 54.7. The number of H-pyrrole nitrogens is 1. The Hall–Kier alpha value is -6.74. The van der Waals surface area contributed by atoms with Gasteiger partial charge in [-0.3, -0.25) is 14.5 Å². The number of piperazine rings is 1. The summed E-state index contributed by atoms with van der Waals surface area (Å²) in [6.07, 6.45) is 8.08. The molecule has 0 aliphatic carbocycles. The average molecular weight is 994 g/mol. The molecule has 0 radical (unpaired) electrons. The second kappa shape index (κ2) is 25.2. The van der Waals surface area contributed by atoms with E-state index >= 15 is 0 Å². The molecule has 3 N–H and O–H groups in total. The summed E-state index contributed by atoms with van der Waals surface area (Å²) in [5.41, 5.74) is 2.03. The lowest BCUT2D eigenvalue weighted by Gasteiger charge is -2.36. The first-order valence-corrected chi connectivity index (χ1v) is 23.0. The molecule has 6 aromatic rings. The number of esters is 1. The van der Waals surface area contributed by atoms with Crippen molar-refractivity contribution in [1.29, 1.82) is 0 Å². The number of fused-ring (bicyclic) bond motifs is 1. The number of nitrogens with one attached hydrogen (secondary N) is 2. The number of carbonyl (C=O) groups excluding carboxylic acids is 1. The first-order chi connectivity index (χ1) is 33.5. The quantitative estimate of drug-likeness (QED) is 0.0187. The van der Waals surface area contributed by atoms with Crippen molar-refractivity contribution in [1.82, 2.24) is 39.4 Å². The van der Waals surface area contributed by atoms with E-state index in [0.29, 0.717) is 40.5 Å². The van der Waals surface area contributed by atoms with Crippen LogP contribution in [0.15, 0.2) is 89.7 Å². The number of hydrogen-bond donors (Lipinski definition) is 3. The third-order valence-electron chi connectivity index (χ3n) is 10.8. The van der Waals surface area contributed by atoms with E-state index in [0.717, 1.165) is 68.9 Å². The number of anilines is 3. The van der Waals surface area contributed by atoms with Crippen molar-refractivity contribution in [2.24, 2.45) is 0 Å². The van der Waals surface area contributed by atoms with Gasteiger partial charge in [0.2, 0.25) is 23.3 Å². The molecule has 0 unspecified atom stereocenters. The third kappa shape index (κ3) is 14.0. The Kier molecular flexibility index (Phi) is 19.5. The van der Waals surface area contributed by atoms with Crippen LogP contribution in [0.4, 0.5) is 34.9 Å². The van der Waals surface area contributed by atoms with E-state index in [4.69, 9.17) is 21.3 Å². The lowest BCUT2D eigenvalue weighted by molar-refractivity contribution is -0.140. The summed E-state index contributed by atoms with van der Waals surface area (Å²) in [7, 11) is 0. The highest BCUT2D eigenvalue weighted by Crippen LogP contribution is 2.27. The van der Waals surface area contributed by atoms with Gasteiger partial charge < -0.3 is 24.8 Å². The Labute approximate surface area is 407 Å². The maximum Gasteiger partial charge on any atom is 0.337 e. The predicted octanol–water partition coefficient (Wildman–Crippen LogP) is 8.31. The topological polar surface area (TPSA) is 186 Å². The molecule has 21 heteroatoms. The molecule has 0 saturated carbocycles. The van der Waals surface area contributed by atoms with Gasteiger partial charge in [-0.05, 0) is 82.1 Å². The number of aryl methyl sites for hydroxylation is 1. The fraction of sp³-hybridized carbons (Fsp3) is 0.367. The van der Waals surface area contributed by atoms with E-state index < -0.39 is 47.2 Å². The second-order valence-corrected chi connectivity index (χ2v) is 16.7. The molecular formula is C49H57ClF4N10O6. The van der Waals surface area contributed by atoms with Gasteiger partial charge in [-0.25, -0.2) is 38.0 Å². The van der Waals surface area contributed by atoms with E-state index in [1.54, 1.807) is 49.7 Å². The van der Waals surface area contributed by atoms with Gasteiger partial charge in [-0.1, -0.05) is 57.0 Å². The van der Waals surface area contributed by atoms with E-state index in [1.807, 2.05) is 38.1 Å². The molecule has 0 spiro atoms. The minimum atomic E-state index is -1.79. The van der Waals surface area contributed by atoms with Gasteiger partial charge in [0.15, 0.2) is 23.1 Å². The normalized spacial score (nSPS) is 12.7. The zero-order chi connectivity index (χ0) is 51.1. The van der Waals surface area contributed by atoms with Crippen LogP contribution in [0.5, 0.6) is 5.75 Å². The van der Waals surface area contributed by atoms with Gasteiger partial charge >= 0.3 is 5.97 Å². The molecule has 1 aliphatic heterocycles. The Balaban J connectivity index is 0.000000613. The number of unbranched alkanes of at least 4 members (excludes halogenated alkanes) is 3. The molecule has 1 saturated heterocycles. The van der Waals surface area contributed by atoms with Gasteiger partial charge in [0.1, 0.15) is 17.6 Å². The van der Waals surface area contributed by atoms with Crippen LogP contribution >= 0.6 is 11.6 Å². The average Bonchev–Trinajstić information content (AvgIpc) is 3.61. The predicted molar refractivity (Wildman–Crippen MR) is 262 cm³/mol. The number of pyridine rings is 1. The molecule has 0 atom stereocenters. The zero-order valence-corrected chi connectivity index (χ0v) is 40.5. The van der Waals surface area contributed by atoms with Crippen LogP contribution in [0.1, 0.15) is 70.2 Å².